The minimum Gasteiger partial charge on any atom is -0.370 e. The van der Waals surface area contributed by atoms with Gasteiger partial charge in [0.05, 0.1) is 0 Å². The van der Waals surface area contributed by atoms with Crippen LogP contribution in [0.5, 0.6) is 0 Å². The second-order valence-electron chi connectivity index (χ2n) is 4.70. The van der Waals surface area contributed by atoms with Gasteiger partial charge in [-0.05, 0) is 17.5 Å². The van der Waals surface area contributed by atoms with Crippen LogP contribution in [0.15, 0.2) is 24.3 Å². The topological polar surface area (TPSA) is 20.3 Å². The zero-order valence-corrected chi connectivity index (χ0v) is 8.66. The average molecular weight is 189 g/mol. The smallest absolute Gasteiger partial charge is 0.152 e. The largest absolute Gasteiger partial charge is 0.370 e. The van der Waals surface area contributed by atoms with Gasteiger partial charge in [0, 0.05) is 24.3 Å². The lowest BCUT2D eigenvalue weighted by molar-refractivity contribution is 0.112. The highest BCUT2D eigenvalue weighted by atomic mass is 16.1. The lowest BCUT2D eigenvalue weighted by atomic mass is 9.83. The molecule has 74 valence electrons. The summed E-state index contributed by atoms with van der Waals surface area (Å²) < 4.78 is 0. The van der Waals surface area contributed by atoms with Gasteiger partial charge in [0.25, 0.3) is 0 Å². The highest BCUT2D eigenvalue weighted by Gasteiger charge is 2.34. The quantitative estimate of drug-likeness (QED) is 0.665. The van der Waals surface area contributed by atoms with Gasteiger partial charge >= 0.3 is 0 Å². The number of hydrogen-bond donors (Lipinski definition) is 0. The third-order valence-electron chi connectivity index (χ3n) is 2.64. The molecular formula is C12H15NO. The van der Waals surface area contributed by atoms with Crippen molar-refractivity contribution in [2.45, 2.75) is 13.8 Å². The molecule has 0 atom stereocenters. The van der Waals surface area contributed by atoms with E-state index in [0.29, 0.717) is 5.41 Å². The number of para-hydroxylation sites is 1. The number of carbonyl (C=O) groups excluding carboxylic acids is 1. The van der Waals surface area contributed by atoms with E-state index in [0.717, 1.165) is 30.6 Å². The van der Waals surface area contributed by atoms with Crippen molar-refractivity contribution in [2.75, 3.05) is 18.0 Å². The first-order valence-corrected chi connectivity index (χ1v) is 4.91. The first kappa shape index (κ1) is 9.25. The predicted molar refractivity (Wildman–Crippen MR) is 57.8 cm³/mol. The summed E-state index contributed by atoms with van der Waals surface area (Å²) >= 11 is 0. The number of anilines is 1. The van der Waals surface area contributed by atoms with E-state index in [-0.39, 0.29) is 0 Å². The van der Waals surface area contributed by atoms with Crippen LogP contribution < -0.4 is 4.90 Å². The average Bonchev–Trinajstić information content (AvgIpc) is 2.14. The standard InChI is InChI=1S/C12H15NO/c1-12(2)8-13(9-12)11-6-4-3-5-10(11)7-14/h3-7H,8-9H2,1-2H3. The monoisotopic (exact) mass is 189 g/mol. The summed E-state index contributed by atoms with van der Waals surface area (Å²) in [4.78, 5) is 13.1. The fourth-order valence-electron chi connectivity index (χ4n) is 2.03. The molecule has 14 heavy (non-hydrogen) atoms. The maximum Gasteiger partial charge on any atom is 0.152 e. The van der Waals surface area contributed by atoms with Crippen LogP contribution in [0.4, 0.5) is 5.69 Å². The predicted octanol–water partition coefficient (Wildman–Crippen LogP) is 2.35. The molecule has 0 spiro atoms. The van der Waals surface area contributed by atoms with Crippen molar-refractivity contribution in [3.05, 3.63) is 29.8 Å². The summed E-state index contributed by atoms with van der Waals surface area (Å²) in [7, 11) is 0. The van der Waals surface area contributed by atoms with Crippen molar-refractivity contribution in [3.63, 3.8) is 0 Å². The Bertz CT molecular complexity index is 349. The number of benzene rings is 1. The molecule has 1 fully saturated rings. The molecule has 0 aromatic heterocycles. The minimum absolute atomic E-state index is 0.399. The number of aldehydes is 1. The third kappa shape index (κ3) is 1.52. The van der Waals surface area contributed by atoms with Gasteiger partial charge in [0.15, 0.2) is 6.29 Å². The fraction of sp³-hybridized carbons (Fsp3) is 0.417. The Kier molecular flexibility index (Phi) is 2.06. The van der Waals surface area contributed by atoms with Crippen LogP contribution in [-0.2, 0) is 0 Å². The Hall–Kier alpha value is -1.31. The van der Waals surface area contributed by atoms with Gasteiger partial charge in [-0.2, -0.15) is 0 Å². The molecule has 0 saturated carbocycles. The lowest BCUT2D eigenvalue weighted by Crippen LogP contribution is -2.53. The van der Waals surface area contributed by atoms with Crippen molar-refractivity contribution in [3.8, 4) is 0 Å². The summed E-state index contributed by atoms with van der Waals surface area (Å²) in [6.45, 7) is 6.57. The van der Waals surface area contributed by atoms with Crippen molar-refractivity contribution in [1.29, 1.82) is 0 Å². The Morgan fingerprint density at radius 3 is 2.50 bits per heavy atom. The third-order valence-corrected chi connectivity index (χ3v) is 2.64. The van der Waals surface area contributed by atoms with Crippen LogP contribution in [0.25, 0.3) is 0 Å². The van der Waals surface area contributed by atoms with E-state index < -0.39 is 0 Å². The molecule has 1 aromatic rings. The molecule has 0 radical (unpaired) electrons. The SMILES string of the molecule is CC1(C)CN(c2ccccc2C=O)C1. The van der Waals surface area contributed by atoms with Gasteiger partial charge in [0.2, 0.25) is 0 Å². The molecule has 1 aliphatic rings. The minimum atomic E-state index is 0.399. The molecule has 1 heterocycles. The van der Waals surface area contributed by atoms with Crippen molar-refractivity contribution >= 4 is 12.0 Å². The Labute approximate surface area is 84.5 Å². The maximum absolute atomic E-state index is 10.8. The van der Waals surface area contributed by atoms with E-state index in [1.165, 1.54) is 0 Å². The number of rotatable bonds is 2. The summed E-state index contributed by atoms with van der Waals surface area (Å²) in [6.07, 6.45) is 0.931. The van der Waals surface area contributed by atoms with Crippen LogP contribution in [0.3, 0.4) is 0 Å². The van der Waals surface area contributed by atoms with E-state index in [2.05, 4.69) is 18.7 Å². The molecule has 1 saturated heterocycles. The molecule has 2 heteroatoms. The molecule has 2 rings (SSSR count). The van der Waals surface area contributed by atoms with E-state index in [1.807, 2.05) is 24.3 Å². The molecule has 0 unspecified atom stereocenters. The summed E-state index contributed by atoms with van der Waals surface area (Å²) in [6, 6.07) is 7.76. The van der Waals surface area contributed by atoms with E-state index in [1.54, 1.807) is 0 Å². The molecule has 1 aliphatic heterocycles. The number of carbonyl (C=O) groups is 1. The molecular weight excluding hydrogens is 174 g/mol. The van der Waals surface area contributed by atoms with Crippen molar-refractivity contribution < 1.29 is 4.79 Å². The first-order chi connectivity index (χ1) is 6.62. The Morgan fingerprint density at radius 2 is 1.93 bits per heavy atom. The molecule has 1 aromatic carbocycles. The van der Waals surface area contributed by atoms with Crippen LogP contribution in [0, 0.1) is 5.41 Å². The lowest BCUT2D eigenvalue weighted by Gasteiger charge is -2.47. The van der Waals surface area contributed by atoms with Crippen LogP contribution in [-0.4, -0.2) is 19.4 Å². The highest BCUT2D eigenvalue weighted by molar-refractivity contribution is 5.84. The van der Waals surface area contributed by atoms with Crippen LogP contribution in [0.1, 0.15) is 24.2 Å². The molecule has 0 N–H and O–H groups in total. The molecule has 0 amide bonds. The Balaban J connectivity index is 2.22. The fourth-order valence-corrected chi connectivity index (χ4v) is 2.03. The molecule has 0 aliphatic carbocycles. The van der Waals surface area contributed by atoms with E-state index >= 15 is 0 Å². The van der Waals surface area contributed by atoms with Gasteiger partial charge in [-0.1, -0.05) is 26.0 Å². The van der Waals surface area contributed by atoms with Crippen molar-refractivity contribution in [2.24, 2.45) is 5.41 Å². The zero-order valence-electron chi connectivity index (χ0n) is 8.66. The van der Waals surface area contributed by atoms with Crippen LogP contribution in [0.2, 0.25) is 0 Å². The second kappa shape index (κ2) is 3.12. The van der Waals surface area contributed by atoms with Gasteiger partial charge in [0.1, 0.15) is 0 Å². The van der Waals surface area contributed by atoms with Gasteiger partial charge in [-0.15, -0.1) is 0 Å². The maximum atomic E-state index is 10.8. The summed E-state index contributed by atoms with van der Waals surface area (Å²) in [5.41, 5.74) is 2.26. The zero-order chi connectivity index (χ0) is 10.2. The normalized spacial score (nSPS) is 18.9. The van der Waals surface area contributed by atoms with Crippen LogP contribution >= 0.6 is 0 Å². The number of nitrogens with zero attached hydrogens (tertiary/aromatic N) is 1. The summed E-state index contributed by atoms with van der Waals surface area (Å²) in [5, 5.41) is 0. The van der Waals surface area contributed by atoms with E-state index in [9.17, 15) is 4.79 Å². The van der Waals surface area contributed by atoms with Gasteiger partial charge in [-0.25, -0.2) is 0 Å². The first-order valence-electron chi connectivity index (χ1n) is 4.91. The molecule has 0 bridgehead atoms. The number of hydrogen-bond acceptors (Lipinski definition) is 2. The Morgan fingerprint density at radius 1 is 1.29 bits per heavy atom. The second-order valence-corrected chi connectivity index (χ2v) is 4.70. The van der Waals surface area contributed by atoms with E-state index in [4.69, 9.17) is 0 Å². The van der Waals surface area contributed by atoms with Crippen molar-refractivity contribution in [1.82, 2.24) is 0 Å². The summed E-state index contributed by atoms with van der Waals surface area (Å²) in [5.74, 6) is 0. The highest BCUT2D eigenvalue weighted by Crippen LogP contribution is 2.34. The van der Waals surface area contributed by atoms with Gasteiger partial charge in [-0.3, -0.25) is 4.79 Å². The van der Waals surface area contributed by atoms with Gasteiger partial charge < -0.3 is 4.90 Å². The molecule has 2 nitrogen and oxygen atoms in total.